The Hall–Kier alpha value is -3.10. The van der Waals surface area contributed by atoms with Crippen LogP contribution in [0.2, 0.25) is 0 Å². The third-order valence-corrected chi connectivity index (χ3v) is 7.92. The minimum atomic E-state index is -0.150. The molecule has 2 atom stereocenters. The van der Waals surface area contributed by atoms with Crippen LogP contribution in [-0.2, 0) is 4.79 Å². The van der Waals surface area contributed by atoms with Crippen molar-refractivity contribution in [1.82, 2.24) is 5.01 Å². The van der Waals surface area contributed by atoms with E-state index in [2.05, 4.69) is 35.0 Å². The molecule has 168 valence electrons. The highest BCUT2D eigenvalue weighted by Gasteiger charge is 2.44. The molecule has 0 radical (unpaired) electrons. The number of hydrazone groups is 1. The lowest BCUT2D eigenvalue weighted by molar-refractivity contribution is -0.135. The van der Waals surface area contributed by atoms with Gasteiger partial charge in [-0.25, -0.2) is 5.01 Å². The first kappa shape index (κ1) is 20.5. The number of amides is 1. The summed E-state index contributed by atoms with van der Waals surface area (Å²) in [7, 11) is 0. The average Bonchev–Trinajstić information content (AvgIpc) is 3.63. The molecule has 1 aromatic carbocycles. The van der Waals surface area contributed by atoms with Gasteiger partial charge in [0.15, 0.2) is 18.1 Å². The molecule has 0 bridgehead atoms. The van der Waals surface area contributed by atoms with E-state index in [0.717, 1.165) is 29.9 Å². The molecule has 1 amide bonds. The molecule has 3 aromatic rings. The molecule has 1 aliphatic carbocycles. The number of thiophene rings is 2. The second-order valence-corrected chi connectivity index (χ2v) is 10.1. The smallest absolute Gasteiger partial charge is 0.281 e. The van der Waals surface area contributed by atoms with Crippen molar-refractivity contribution in [3.63, 3.8) is 0 Å². The first-order chi connectivity index (χ1) is 16.3. The summed E-state index contributed by atoms with van der Waals surface area (Å²) < 4.78 is 16.6. The number of hydrogen-bond acceptors (Lipinski definition) is 7. The summed E-state index contributed by atoms with van der Waals surface area (Å²) in [6, 6.07) is 13.6. The van der Waals surface area contributed by atoms with E-state index >= 15 is 0 Å². The average molecular weight is 479 g/mol. The van der Waals surface area contributed by atoms with Crippen molar-refractivity contribution in [2.45, 2.75) is 25.3 Å². The molecule has 2 aromatic heterocycles. The van der Waals surface area contributed by atoms with Crippen LogP contribution < -0.4 is 14.2 Å². The summed E-state index contributed by atoms with van der Waals surface area (Å²) in [5.74, 6) is 1.95. The Bertz CT molecular complexity index is 1220. The summed E-state index contributed by atoms with van der Waals surface area (Å²) in [4.78, 5) is 15.7. The SMILES string of the molecule is O=C(COc1ccc2c(c1)OCO2)N1N=C2/C(=C/c3cccs3)CCCC2C1c1cccs1. The molecule has 6 nitrogen and oxygen atoms in total. The van der Waals surface area contributed by atoms with Crippen LogP contribution in [0.4, 0.5) is 0 Å². The maximum atomic E-state index is 13.4. The molecule has 3 aliphatic rings. The summed E-state index contributed by atoms with van der Waals surface area (Å²) in [6.07, 6.45) is 5.34. The maximum Gasteiger partial charge on any atom is 0.281 e. The second-order valence-electron chi connectivity index (χ2n) is 8.17. The fourth-order valence-electron chi connectivity index (χ4n) is 4.67. The van der Waals surface area contributed by atoms with Crippen molar-refractivity contribution < 1.29 is 19.0 Å². The lowest BCUT2D eigenvalue weighted by Gasteiger charge is -2.28. The van der Waals surface area contributed by atoms with Gasteiger partial charge in [0.05, 0.1) is 11.8 Å². The Morgan fingerprint density at radius 3 is 2.88 bits per heavy atom. The number of allylic oxidation sites excluding steroid dienone is 1. The molecule has 2 unspecified atom stereocenters. The van der Waals surface area contributed by atoms with Crippen molar-refractivity contribution >= 4 is 40.4 Å². The first-order valence-corrected chi connectivity index (χ1v) is 12.7. The predicted molar refractivity (Wildman–Crippen MR) is 129 cm³/mol. The van der Waals surface area contributed by atoms with Crippen LogP contribution in [0, 0.1) is 5.92 Å². The topological polar surface area (TPSA) is 60.4 Å². The minimum Gasteiger partial charge on any atom is -0.484 e. The zero-order chi connectivity index (χ0) is 22.2. The largest absolute Gasteiger partial charge is 0.484 e. The Kier molecular flexibility index (Phi) is 5.39. The van der Waals surface area contributed by atoms with Crippen LogP contribution in [0.3, 0.4) is 0 Å². The van der Waals surface area contributed by atoms with Crippen LogP contribution in [0.25, 0.3) is 6.08 Å². The van der Waals surface area contributed by atoms with E-state index in [1.165, 1.54) is 10.5 Å². The fourth-order valence-corrected chi connectivity index (χ4v) is 6.22. The number of hydrogen-bond donors (Lipinski definition) is 0. The number of fused-ring (bicyclic) bond motifs is 2. The highest BCUT2D eigenvalue weighted by Crippen LogP contribution is 2.45. The van der Waals surface area contributed by atoms with Crippen LogP contribution in [-0.4, -0.2) is 30.0 Å². The zero-order valence-corrected chi connectivity index (χ0v) is 19.4. The van der Waals surface area contributed by atoms with E-state index in [1.807, 2.05) is 6.07 Å². The summed E-state index contributed by atoms with van der Waals surface area (Å²) in [5.41, 5.74) is 2.28. The molecular weight excluding hydrogens is 456 g/mol. The highest BCUT2D eigenvalue weighted by atomic mass is 32.1. The Labute approximate surface area is 199 Å². The van der Waals surface area contributed by atoms with E-state index in [4.69, 9.17) is 19.3 Å². The number of benzene rings is 1. The normalized spacial score (nSPS) is 22.4. The van der Waals surface area contributed by atoms with Crippen LogP contribution in [0.1, 0.15) is 35.1 Å². The van der Waals surface area contributed by atoms with Crippen LogP contribution >= 0.6 is 22.7 Å². The molecule has 0 N–H and O–H groups in total. The highest BCUT2D eigenvalue weighted by molar-refractivity contribution is 7.11. The zero-order valence-electron chi connectivity index (χ0n) is 17.8. The second kappa shape index (κ2) is 8.68. The van der Waals surface area contributed by atoms with Gasteiger partial charge in [-0.2, -0.15) is 5.10 Å². The van der Waals surface area contributed by atoms with Gasteiger partial charge in [0, 0.05) is 21.7 Å². The van der Waals surface area contributed by atoms with Crippen molar-refractivity contribution in [3.05, 3.63) is 68.6 Å². The minimum absolute atomic E-state index is 0.0834. The fraction of sp³-hybridized carbons (Fsp3) is 0.280. The number of carbonyl (C=O) groups excluding carboxylic acids is 1. The number of rotatable bonds is 5. The monoisotopic (exact) mass is 478 g/mol. The third-order valence-electron chi connectivity index (χ3n) is 6.16. The molecule has 1 fully saturated rings. The Morgan fingerprint density at radius 2 is 2.03 bits per heavy atom. The molecule has 0 saturated heterocycles. The van der Waals surface area contributed by atoms with E-state index in [1.54, 1.807) is 45.9 Å². The summed E-state index contributed by atoms with van der Waals surface area (Å²) in [6.45, 7) is 0.114. The summed E-state index contributed by atoms with van der Waals surface area (Å²) >= 11 is 3.40. The number of ether oxygens (including phenoxy) is 3. The molecule has 1 saturated carbocycles. The van der Waals surface area contributed by atoms with E-state index in [9.17, 15) is 4.79 Å². The number of carbonyl (C=O) groups is 1. The molecular formula is C25H22N2O4S2. The quantitative estimate of drug-likeness (QED) is 0.469. The lowest BCUT2D eigenvalue weighted by atomic mass is 9.79. The van der Waals surface area contributed by atoms with Gasteiger partial charge in [0.25, 0.3) is 5.91 Å². The standard InChI is InChI=1S/C25H22N2O4S2/c28-23(14-29-17-8-9-20-21(13-17)31-15-30-20)27-25(22-7-3-11-33-22)19-6-1-4-16(24(19)26-27)12-18-5-2-10-32-18/h2-3,5,7-13,19,25H,1,4,6,14-15H2/b16-12+. The van der Waals surface area contributed by atoms with E-state index < -0.39 is 0 Å². The van der Waals surface area contributed by atoms with Crippen molar-refractivity contribution in [2.24, 2.45) is 11.0 Å². The van der Waals surface area contributed by atoms with Gasteiger partial charge in [-0.1, -0.05) is 12.1 Å². The van der Waals surface area contributed by atoms with Gasteiger partial charge in [-0.3, -0.25) is 4.79 Å². The van der Waals surface area contributed by atoms with Gasteiger partial charge in [-0.15, -0.1) is 22.7 Å². The van der Waals surface area contributed by atoms with Gasteiger partial charge < -0.3 is 14.2 Å². The van der Waals surface area contributed by atoms with Gasteiger partial charge in [0.2, 0.25) is 6.79 Å². The van der Waals surface area contributed by atoms with Crippen LogP contribution in [0.15, 0.2) is 63.9 Å². The molecule has 8 heteroatoms. The van der Waals surface area contributed by atoms with E-state index in [0.29, 0.717) is 17.2 Å². The van der Waals surface area contributed by atoms with Gasteiger partial charge in [-0.05, 0) is 65.9 Å². The predicted octanol–water partition coefficient (Wildman–Crippen LogP) is 5.74. The Morgan fingerprint density at radius 1 is 1.15 bits per heavy atom. The van der Waals surface area contributed by atoms with Gasteiger partial charge >= 0.3 is 0 Å². The molecule has 0 spiro atoms. The van der Waals surface area contributed by atoms with Crippen molar-refractivity contribution in [3.8, 4) is 17.2 Å². The van der Waals surface area contributed by atoms with E-state index in [-0.39, 0.29) is 31.3 Å². The third kappa shape index (κ3) is 3.94. The van der Waals surface area contributed by atoms with Crippen LogP contribution in [0.5, 0.6) is 17.2 Å². The molecule has 2 aliphatic heterocycles. The Balaban J connectivity index is 1.27. The van der Waals surface area contributed by atoms with Crippen molar-refractivity contribution in [1.29, 1.82) is 0 Å². The van der Waals surface area contributed by atoms with Crippen molar-refractivity contribution in [2.75, 3.05) is 13.4 Å². The maximum absolute atomic E-state index is 13.4. The summed E-state index contributed by atoms with van der Waals surface area (Å²) in [5, 5.41) is 10.7. The lowest BCUT2D eigenvalue weighted by Crippen LogP contribution is -2.34. The molecule has 4 heterocycles. The first-order valence-electron chi connectivity index (χ1n) is 11.0. The molecule has 33 heavy (non-hydrogen) atoms. The van der Waals surface area contributed by atoms with Gasteiger partial charge in [0.1, 0.15) is 5.75 Å². The number of nitrogens with zero attached hydrogens (tertiary/aromatic N) is 2. The molecule has 6 rings (SSSR count).